The van der Waals surface area contributed by atoms with Crippen molar-refractivity contribution in [2.24, 2.45) is 0 Å². The summed E-state index contributed by atoms with van der Waals surface area (Å²) in [4.78, 5) is 28.2. The number of hydrogen-bond donors (Lipinski definition) is 4. The minimum Gasteiger partial charge on any atom is -0.493 e. The summed E-state index contributed by atoms with van der Waals surface area (Å²) < 4.78 is 17.2. The molecule has 1 aromatic carbocycles. The SMILES string of the molecule is CCCCC(=O)N(CCCOCC)C1C=C(C(=O)NCCO)C2c3cc(CO)cc(OC)c3OC2C1O. The first-order chi connectivity index (χ1) is 17.9. The van der Waals surface area contributed by atoms with Gasteiger partial charge in [0.15, 0.2) is 11.5 Å². The number of carbonyl (C=O) groups is 2. The maximum atomic E-state index is 13.3. The van der Waals surface area contributed by atoms with Crippen LogP contribution < -0.4 is 14.8 Å². The molecule has 0 saturated heterocycles. The van der Waals surface area contributed by atoms with Gasteiger partial charge in [0.25, 0.3) is 0 Å². The van der Waals surface area contributed by atoms with Crippen molar-refractivity contribution in [2.45, 2.75) is 70.3 Å². The van der Waals surface area contributed by atoms with Crippen LogP contribution >= 0.6 is 0 Å². The molecule has 0 radical (unpaired) electrons. The van der Waals surface area contributed by atoms with E-state index in [9.17, 15) is 24.9 Å². The van der Waals surface area contributed by atoms with E-state index in [1.165, 1.54) is 7.11 Å². The van der Waals surface area contributed by atoms with Gasteiger partial charge in [0.2, 0.25) is 11.8 Å². The number of rotatable bonds is 14. The predicted molar refractivity (Wildman–Crippen MR) is 136 cm³/mol. The third kappa shape index (κ3) is 6.43. The van der Waals surface area contributed by atoms with E-state index in [1.54, 1.807) is 23.1 Å². The second kappa shape index (κ2) is 13.8. The fourth-order valence-corrected chi connectivity index (χ4v) is 5.01. The van der Waals surface area contributed by atoms with E-state index in [0.717, 1.165) is 6.42 Å². The Morgan fingerprint density at radius 3 is 2.62 bits per heavy atom. The zero-order valence-corrected chi connectivity index (χ0v) is 21.9. The van der Waals surface area contributed by atoms with Gasteiger partial charge in [-0.1, -0.05) is 13.3 Å². The van der Waals surface area contributed by atoms with E-state index in [2.05, 4.69) is 5.32 Å². The fourth-order valence-electron chi connectivity index (χ4n) is 5.01. The minimum absolute atomic E-state index is 0.0575. The molecule has 10 heteroatoms. The average Bonchev–Trinajstić information content (AvgIpc) is 3.30. The van der Waals surface area contributed by atoms with Crippen LogP contribution in [0.15, 0.2) is 23.8 Å². The third-order valence-corrected chi connectivity index (χ3v) is 6.81. The second-order valence-electron chi connectivity index (χ2n) is 9.26. The van der Waals surface area contributed by atoms with Gasteiger partial charge in [-0.15, -0.1) is 0 Å². The predicted octanol–water partition coefficient (Wildman–Crippen LogP) is 1.26. The molecule has 0 fully saturated rings. The Morgan fingerprint density at radius 2 is 1.97 bits per heavy atom. The van der Waals surface area contributed by atoms with Gasteiger partial charge in [0.05, 0.1) is 32.3 Å². The number of methoxy groups -OCH3 is 1. The van der Waals surface area contributed by atoms with Gasteiger partial charge in [0.1, 0.15) is 12.2 Å². The number of amides is 2. The van der Waals surface area contributed by atoms with Crippen molar-refractivity contribution in [3.8, 4) is 11.5 Å². The number of unbranched alkanes of at least 4 members (excludes halogenated alkanes) is 1. The van der Waals surface area contributed by atoms with Crippen LogP contribution in [0.25, 0.3) is 0 Å². The topological polar surface area (TPSA) is 138 Å². The van der Waals surface area contributed by atoms with Crippen molar-refractivity contribution in [3.05, 3.63) is 34.9 Å². The van der Waals surface area contributed by atoms with E-state index < -0.39 is 30.1 Å². The number of ether oxygens (including phenoxy) is 3. The van der Waals surface area contributed by atoms with E-state index in [-0.39, 0.29) is 25.7 Å². The Hall–Kier alpha value is -2.66. The maximum absolute atomic E-state index is 13.3. The van der Waals surface area contributed by atoms with E-state index >= 15 is 0 Å². The van der Waals surface area contributed by atoms with Gasteiger partial charge >= 0.3 is 0 Å². The summed E-state index contributed by atoms with van der Waals surface area (Å²) in [6.45, 7) is 4.90. The van der Waals surface area contributed by atoms with Crippen LogP contribution in [-0.2, 0) is 20.9 Å². The monoisotopic (exact) mass is 520 g/mol. The first-order valence-corrected chi connectivity index (χ1v) is 13.1. The average molecular weight is 521 g/mol. The first kappa shape index (κ1) is 28.9. The van der Waals surface area contributed by atoms with Crippen molar-refractivity contribution >= 4 is 11.8 Å². The summed E-state index contributed by atoms with van der Waals surface area (Å²) >= 11 is 0. The molecule has 1 aromatic rings. The van der Waals surface area contributed by atoms with Crippen molar-refractivity contribution in [1.29, 1.82) is 0 Å². The zero-order valence-electron chi connectivity index (χ0n) is 21.9. The summed E-state index contributed by atoms with van der Waals surface area (Å²) in [6.07, 6.45) is 2.16. The molecule has 0 bridgehead atoms. The molecule has 4 N–H and O–H groups in total. The molecule has 3 rings (SSSR count). The highest BCUT2D eigenvalue weighted by Gasteiger charge is 2.51. The summed E-state index contributed by atoms with van der Waals surface area (Å²) in [6, 6.07) is 2.61. The quantitative estimate of drug-likeness (QED) is 0.269. The van der Waals surface area contributed by atoms with Crippen molar-refractivity contribution in [3.63, 3.8) is 0 Å². The number of carbonyl (C=O) groups excluding carboxylic acids is 2. The fraction of sp³-hybridized carbons (Fsp3) is 0.630. The lowest BCUT2D eigenvalue weighted by Gasteiger charge is -2.40. The van der Waals surface area contributed by atoms with E-state index in [0.29, 0.717) is 67.2 Å². The third-order valence-electron chi connectivity index (χ3n) is 6.81. The molecule has 2 aliphatic rings. The smallest absolute Gasteiger partial charge is 0.247 e. The molecular weight excluding hydrogens is 480 g/mol. The van der Waals surface area contributed by atoms with Crippen molar-refractivity contribution < 1.29 is 39.1 Å². The summed E-state index contributed by atoms with van der Waals surface area (Å²) in [5, 5.41) is 33.3. The molecule has 1 aliphatic carbocycles. The molecule has 0 spiro atoms. The molecule has 0 aromatic heterocycles. The Morgan fingerprint density at radius 1 is 1.19 bits per heavy atom. The number of fused-ring (bicyclic) bond motifs is 3. The number of nitrogens with zero attached hydrogens (tertiary/aromatic N) is 1. The normalized spacial score (nSPS) is 21.9. The molecule has 4 atom stereocenters. The van der Waals surface area contributed by atoms with Gasteiger partial charge in [-0.3, -0.25) is 9.59 Å². The number of hydrogen-bond acceptors (Lipinski definition) is 8. The minimum atomic E-state index is -1.12. The largest absolute Gasteiger partial charge is 0.493 e. The van der Waals surface area contributed by atoms with Crippen LogP contribution in [0.4, 0.5) is 0 Å². The van der Waals surface area contributed by atoms with Gasteiger partial charge in [-0.2, -0.15) is 0 Å². The van der Waals surface area contributed by atoms with E-state index in [4.69, 9.17) is 14.2 Å². The lowest BCUT2D eigenvalue weighted by atomic mass is 9.77. The highest BCUT2D eigenvalue weighted by molar-refractivity contribution is 5.96. The van der Waals surface area contributed by atoms with Crippen LogP contribution in [0.3, 0.4) is 0 Å². The molecule has 1 heterocycles. The lowest BCUT2D eigenvalue weighted by Crippen LogP contribution is -2.56. The summed E-state index contributed by atoms with van der Waals surface area (Å²) in [5.74, 6) is -0.377. The Kier molecular flexibility index (Phi) is 10.7. The molecular formula is C27H40N2O8. The Balaban J connectivity index is 2.05. The highest BCUT2D eigenvalue weighted by atomic mass is 16.5. The number of aliphatic hydroxyl groups is 3. The number of benzene rings is 1. The molecule has 1 aliphatic heterocycles. The molecule has 206 valence electrons. The first-order valence-electron chi connectivity index (χ1n) is 13.1. The van der Waals surface area contributed by atoms with Crippen LogP contribution in [0.1, 0.15) is 56.6 Å². The molecule has 0 saturated carbocycles. The van der Waals surface area contributed by atoms with Gasteiger partial charge in [-0.05, 0) is 43.5 Å². The lowest BCUT2D eigenvalue weighted by molar-refractivity contribution is -0.137. The standard InChI is InChI=1S/C27H40N2O8/c1-4-6-8-22(32)29(10-7-12-36-5-2)20-15-19(27(34)28-9-11-30)23-18-13-17(16-31)14-21(35-3)25(18)37-26(23)24(20)33/h13-15,20,23-24,26,30-31,33H,4-12,16H2,1-3H3,(H,28,34). The second-order valence-corrected chi connectivity index (χ2v) is 9.26. The van der Waals surface area contributed by atoms with E-state index in [1.807, 2.05) is 13.8 Å². The maximum Gasteiger partial charge on any atom is 0.247 e. The van der Waals surface area contributed by atoms with Crippen molar-refractivity contribution in [1.82, 2.24) is 10.2 Å². The highest BCUT2D eigenvalue weighted by Crippen LogP contribution is 2.51. The number of aliphatic hydroxyl groups excluding tert-OH is 3. The number of nitrogens with one attached hydrogen (secondary N) is 1. The van der Waals surface area contributed by atoms with Crippen LogP contribution in [0, 0.1) is 0 Å². The molecule has 37 heavy (non-hydrogen) atoms. The Bertz CT molecular complexity index is 966. The molecule has 2 amide bonds. The zero-order chi connectivity index (χ0) is 26.9. The molecule has 10 nitrogen and oxygen atoms in total. The summed E-state index contributed by atoms with van der Waals surface area (Å²) in [7, 11) is 1.48. The van der Waals surface area contributed by atoms with Crippen LogP contribution in [0.2, 0.25) is 0 Å². The van der Waals surface area contributed by atoms with Crippen LogP contribution in [-0.4, -0.2) is 90.3 Å². The van der Waals surface area contributed by atoms with Crippen molar-refractivity contribution in [2.75, 3.05) is 40.0 Å². The van der Waals surface area contributed by atoms with Gasteiger partial charge in [0, 0.05) is 43.9 Å². The molecule has 4 unspecified atom stereocenters. The summed E-state index contributed by atoms with van der Waals surface area (Å²) in [5.41, 5.74) is 1.54. The van der Waals surface area contributed by atoms with Gasteiger partial charge < -0.3 is 39.7 Å². The van der Waals surface area contributed by atoms with Gasteiger partial charge in [-0.25, -0.2) is 0 Å². The van der Waals surface area contributed by atoms with Crippen LogP contribution in [0.5, 0.6) is 11.5 Å². The Labute approximate surface area is 218 Å².